The minimum atomic E-state index is -0.307. The van der Waals surface area contributed by atoms with Crippen molar-refractivity contribution >= 4 is 27.5 Å². The van der Waals surface area contributed by atoms with Gasteiger partial charge in [0.2, 0.25) is 5.91 Å². The van der Waals surface area contributed by atoms with E-state index in [0.29, 0.717) is 22.7 Å². The number of nitrogens with one attached hydrogen (secondary N) is 2. The fraction of sp³-hybridized carbons (Fsp3) is 0.545. The fourth-order valence-corrected chi connectivity index (χ4v) is 4.17. The second-order valence-electron chi connectivity index (χ2n) is 7.86. The lowest BCUT2D eigenvalue weighted by Gasteiger charge is -2.21. The van der Waals surface area contributed by atoms with Crippen molar-refractivity contribution in [3.8, 4) is 0 Å². The molecule has 2 aromatic heterocycles. The second-order valence-corrected chi connectivity index (χ2v) is 8.65. The molecular weight excluding hydrogens is 446 g/mol. The summed E-state index contributed by atoms with van der Waals surface area (Å²) in [6, 6.07) is 4.02. The molecule has 0 spiro atoms. The molecule has 1 aliphatic carbocycles. The van der Waals surface area contributed by atoms with Crippen LogP contribution in [0.2, 0.25) is 0 Å². The lowest BCUT2D eigenvalue weighted by atomic mass is 9.97. The summed E-state index contributed by atoms with van der Waals surface area (Å²) in [6.45, 7) is 0.269. The van der Waals surface area contributed by atoms with Crippen LogP contribution < -0.4 is 16.2 Å². The molecule has 0 atom stereocenters. The zero-order chi connectivity index (χ0) is 21.2. The van der Waals surface area contributed by atoms with Crippen molar-refractivity contribution in [1.29, 1.82) is 0 Å². The van der Waals surface area contributed by atoms with Crippen LogP contribution in [0.4, 0.5) is 5.69 Å². The molecule has 1 aliphatic rings. The van der Waals surface area contributed by atoms with Gasteiger partial charge in [-0.15, -0.1) is 0 Å². The molecule has 2 aromatic rings. The molecule has 0 unspecified atom stereocenters. The molecule has 0 aromatic carbocycles. The summed E-state index contributed by atoms with van der Waals surface area (Å²) in [5.41, 5.74) is 1.35. The van der Waals surface area contributed by atoms with Crippen LogP contribution in [-0.4, -0.2) is 26.7 Å². The quantitative estimate of drug-likeness (QED) is 0.658. The Kier molecular flexibility index (Phi) is 8.86. The number of pyridine rings is 1. The normalized spacial score (nSPS) is 16.0. The van der Waals surface area contributed by atoms with E-state index in [1.807, 2.05) is 12.1 Å². The standard InChI is InChI=1S/C22H30BrN5O2/c23-21-19(27-18-8-6-4-2-1-3-5-7-9-18)15-26-28(22(21)30)16-20(29)25-14-17-10-12-24-13-11-17/h10-13,15,18,27H,1-9,14,16H2,(H,25,29). The molecule has 2 heterocycles. The molecule has 0 aliphatic heterocycles. The predicted molar refractivity (Wildman–Crippen MR) is 121 cm³/mol. The van der Waals surface area contributed by atoms with Crippen LogP contribution in [0.3, 0.4) is 0 Å². The molecule has 3 rings (SSSR count). The summed E-state index contributed by atoms with van der Waals surface area (Å²) >= 11 is 3.41. The number of hydrogen-bond acceptors (Lipinski definition) is 5. The average molecular weight is 476 g/mol. The SMILES string of the molecule is O=C(Cn1ncc(NC2CCCCCCCCC2)c(Br)c1=O)NCc1ccncc1. The number of hydrogen-bond donors (Lipinski definition) is 2. The van der Waals surface area contributed by atoms with Crippen LogP contribution >= 0.6 is 15.9 Å². The van der Waals surface area contributed by atoms with Crippen molar-refractivity contribution < 1.29 is 4.79 Å². The van der Waals surface area contributed by atoms with E-state index in [1.54, 1.807) is 18.6 Å². The molecule has 8 heteroatoms. The number of amides is 1. The van der Waals surface area contributed by atoms with Gasteiger partial charge in [0, 0.05) is 25.0 Å². The summed E-state index contributed by atoms with van der Waals surface area (Å²) in [5.74, 6) is -0.263. The summed E-state index contributed by atoms with van der Waals surface area (Å²) in [7, 11) is 0. The van der Waals surface area contributed by atoms with Crippen LogP contribution in [0.15, 0.2) is 40.0 Å². The number of aromatic nitrogens is 3. The molecule has 30 heavy (non-hydrogen) atoms. The maximum atomic E-state index is 12.7. The molecule has 7 nitrogen and oxygen atoms in total. The highest BCUT2D eigenvalue weighted by atomic mass is 79.9. The third kappa shape index (κ3) is 6.93. The molecule has 0 saturated heterocycles. The molecule has 162 valence electrons. The third-order valence-electron chi connectivity index (χ3n) is 5.48. The van der Waals surface area contributed by atoms with E-state index in [4.69, 9.17) is 0 Å². The van der Waals surface area contributed by atoms with Gasteiger partial charge in [0.1, 0.15) is 11.0 Å². The van der Waals surface area contributed by atoms with Crippen LogP contribution in [-0.2, 0) is 17.9 Å². The van der Waals surface area contributed by atoms with Gasteiger partial charge >= 0.3 is 0 Å². The van der Waals surface area contributed by atoms with E-state index in [1.165, 1.54) is 49.6 Å². The van der Waals surface area contributed by atoms with Gasteiger partial charge in [-0.3, -0.25) is 14.6 Å². The van der Waals surface area contributed by atoms with Crippen LogP contribution in [0.1, 0.15) is 63.4 Å². The lowest BCUT2D eigenvalue weighted by Crippen LogP contribution is -2.34. The Morgan fingerprint density at radius 2 is 1.70 bits per heavy atom. The van der Waals surface area contributed by atoms with Crippen LogP contribution in [0.5, 0.6) is 0 Å². The van der Waals surface area contributed by atoms with E-state index < -0.39 is 0 Å². The number of carbonyl (C=O) groups excluding carboxylic acids is 1. The monoisotopic (exact) mass is 475 g/mol. The largest absolute Gasteiger partial charge is 0.380 e. The maximum absolute atomic E-state index is 12.7. The van der Waals surface area contributed by atoms with E-state index in [0.717, 1.165) is 18.4 Å². The number of rotatable bonds is 6. The number of carbonyl (C=O) groups is 1. The van der Waals surface area contributed by atoms with Crippen molar-refractivity contribution in [1.82, 2.24) is 20.1 Å². The first kappa shape index (κ1) is 22.5. The van der Waals surface area contributed by atoms with Crippen LogP contribution in [0.25, 0.3) is 0 Å². The highest BCUT2D eigenvalue weighted by Crippen LogP contribution is 2.23. The van der Waals surface area contributed by atoms with Gasteiger partial charge in [0.15, 0.2) is 0 Å². The van der Waals surface area contributed by atoms with E-state index >= 15 is 0 Å². The van der Waals surface area contributed by atoms with E-state index in [9.17, 15) is 9.59 Å². The van der Waals surface area contributed by atoms with Crippen molar-refractivity contribution in [2.24, 2.45) is 0 Å². The van der Waals surface area contributed by atoms with Gasteiger partial charge in [-0.2, -0.15) is 5.10 Å². The van der Waals surface area contributed by atoms with E-state index in [2.05, 4.69) is 36.6 Å². The molecule has 1 amide bonds. The number of anilines is 1. The Balaban J connectivity index is 1.58. The van der Waals surface area contributed by atoms with Gasteiger partial charge in [0.05, 0.1) is 11.9 Å². The molecule has 1 saturated carbocycles. The minimum absolute atomic E-state index is 0.119. The Bertz CT molecular complexity index is 862. The van der Waals surface area contributed by atoms with Crippen molar-refractivity contribution in [2.45, 2.75) is 76.9 Å². The summed E-state index contributed by atoms with van der Waals surface area (Å²) in [4.78, 5) is 28.9. The predicted octanol–water partition coefficient (Wildman–Crippen LogP) is 4.02. The van der Waals surface area contributed by atoms with Gasteiger partial charge < -0.3 is 10.6 Å². The maximum Gasteiger partial charge on any atom is 0.283 e. The molecule has 0 bridgehead atoms. The average Bonchev–Trinajstić information content (AvgIpc) is 2.77. The molecule has 1 fully saturated rings. The smallest absolute Gasteiger partial charge is 0.283 e. The van der Waals surface area contributed by atoms with Gasteiger partial charge in [-0.1, -0.05) is 44.9 Å². The minimum Gasteiger partial charge on any atom is -0.380 e. The Hall–Kier alpha value is -2.22. The first-order valence-electron chi connectivity index (χ1n) is 10.8. The molecule has 0 radical (unpaired) electrons. The van der Waals surface area contributed by atoms with Crippen LogP contribution in [0, 0.1) is 0 Å². The van der Waals surface area contributed by atoms with E-state index in [-0.39, 0.29) is 18.0 Å². The summed E-state index contributed by atoms with van der Waals surface area (Å²) in [6.07, 6.45) is 16.1. The number of halogens is 1. The van der Waals surface area contributed by atoms with Gasteiger partial charge in [-0.25, -0.2) is 4.68 Å². The van der Waals surface area contributed by atoms with Crippen molar-refractivity contribution in [3.63, 3.8) is 0 Å². The molecule has 2 N–H and O–H groups in total. The second kappa shape index (κ2) is 11.8. The number of nitrogens with zero attached hydrogens (tertiary/aromatic N) is 3. The highest BCUT2D eigenvalue weighted by Gasteiger charge is 2.16. The first-order chi connectivity index (χ1) is 14.6. The summed E-state index contributed by atoms with van der Waals surface area (Å²) < 4.78 is 1.61. The first-order valence-corrected chi connectivity index (χ1v) is 11.6. The fourth-order valence-electron chi connectivity index (χ4n) is 3.75. The highest BCUT2D eigenvalue weighted by molar-refractivity contribution is 9.10. The Labute approximate surface area is 185 Å². The Morgan fingerprint density at radius 1 is 1.07 bits per heavy atom. The van der Waals surface area contributed by atoms with Crippen molar-refractivity contribution in [3.05, 3.63) is 51.1 Å². The van der Waals surface area contributed by atoms with Crippen molar-refractivity contribution in [2.75, 3.05) is 5.32 Å². The lowest BCUT2D eigenvalue weighted by molar-refractivity contribution is -0.122. The third-order valence-corrected chi connectivity index (χ3v) is 6.25. The topological polar surface area (TPSA) is 88.9 Å². The summed E-state index contributed by atoms with van der Waals surface area (Å²) in [5, 5.41) is 10.5. The van der Waals surface area contributed by atoms with Gasteiger partial charge in [-0.05, 0) is 46.5 Å². The zero-order valence-corrected chi connectivity index (χ0v) is 18.9. The van der Waals surface area contributed by atoms with Gasteiger partial charge in [0.25, 0.3) is 5.56 Å². The Morgan fingerprint density at radius 3 is 2.37 bits per heavy atom. The zero-order valence-electron chi connectivity index (χ0n) is 17.3. The molecular formula is C22H30BrN5O2.